The quantitative estimate of drug-likeness (QED) is 0.157. The molecule has 5 nitrogen and oxygen atoms in total. The Morgan fingerprint density at radius 2 is 1.75 bits per heavy atom. The maximum Gasteiger partial charge on any atom is 0.239 e. The number of nitrogens with zero attached hydrogens (tertiary/aromatic N) is 1. The van der Waals surface area contributed by atoms with Crippen LogP contribution in [0.2, 0.25) is 0 Å². The summed E-state index contributed by atoms with van der Waals surface area (Å²) in [6, 6.07) is 16.3. The Balaban J connectivity index is 0.00000392. The highest BCUT2D eigenvalue weighted by molar-refractivity contribution is 14.0. The van der Waals surface area contributed by atoms with Gasteiger partial charge in [-0.1, -0.05) is 30.3 Å². The minimum Gasteiger partial charge on any atom is -0.356 e. The Bertz CT molecular complexity index is 729. The van der Waals surface area contributed by atoms with Crippen molar-refractivity contribution < 1.29 is 9.18 Å². The number of guanidine groups is 1. The van der Waals surface area contributed by atoms with E-state index in [1.54, 1.807) is 30.9 Å². The molecule has 2 rings (SSSR count). The maximum atomic E-state index is 12.9. The van der Waals surface area contributed by atoms with Crippen molar-refractivity contribution in [2.45, 2.75) is 17.9 Å². The number of halogens is 2. The van der Waals surface area contributed by atoms with Crippen LogP contribution in [0.3, 0.4) is 0 Å². The lowest BCUT2D eigenvalue weighted by Crippen LogP contribution is -2.43. The summed E-state index contributed by atoms with van der Waals surface area (Å²) in [6.07, 6.45) is 0.920. The van der Waals surface area contributed by atoms with Crippen molar-refractivity contribution in [2.24, 2.45) is 4.99 Å². The van der Waals surface area contributed by atoms with Crippen molar-refractivity contribution in [2.75, 3.05) is 25.9 Å². The third-order valence-corrected chi connectivity index (χ3v) is 4.77. The molecule has 0 aliphatic heterocycles. The molecule has 0 aliphatic rings. The van der Waals surface area contributed by atoms with E-state index in [0.717, 1.165) is 29.2 Å². The van der Waals surface area contributed by atoms with E-state index in [1.165, 1.54) is 12.1 Å². The molecule has 0 bridgehead atoms. The molecule has 8 heteroatoms. The molecule has 152 valence electrons. The van der Waals surface area contributed by atoms with E-state index < -0.39 is 0 Å². The first kappa shape index (κ1) is 24.2. The first-order valence-corrected chi connectivity index (χ1v) is 9.79. The summed E-state index contributed by atoms with van der Waals surface area (Å²) < 4.78 is 12.9. The third-order valence-electron chi connectivity index (χ3n) is 3.67. The molecule has 0 fully saturated rings. The van der Waals surface area contributed by atoms with Crippen LogP contribution in [0.25, 0.3) is 0 Å². The Morgan fingerprint density at radius 3 is 2.43 bits per heavy atom. The number of hydrogen-bond acceptors (Lipinski definition) is 3. The molecule has 2 aromatic rings. The molecule has 0 aromatic heterocycles. The number of amides is 1. The second kappa shape index (κ2) is 14.2. The molecule has 1 amide bonds. The summed E-state index contributed by atoms with van der Waals surface area (Å²) in [6.45, 7) is 1.41. The zero-order chi connectivity index (χ0) is 19.3. The van der Waals surface area contributed by atoms with Gasteiger partial charge in [0.25, 0.3) is 0 Å². The Hall–Kier alpha value is -1.81. The van der Waals surface area contributed by atoms with Gasteiger partial charge in [-0.2, -0.15) is 0 Å². The monoisotopic (exact) mass is 516 g/mol. The van der Waals surface area contributed by atoms with Crippen molar-refractivity contribution in [1.82, 2.24) is 16.0 Å². The van der Waals surface area contributed by atoms with Gasteiger partial charge in [0.05, 0.1) is 6.54 Å². The molecule has 0 unspecified atom stereocenters. The van der Waals surface area contributed by atoms with Crippen LogP contribution >= 0.6 is 35.7 Å². The first-order chi connectivity index (χ1) is 13.2. The van der Waals surface area contributed by atoms with Crippen LogP contribution in [0.1, 0.15) is 12.0 Å². The molecule has 3 N–H and O–H groups in total. The highest BCUT2D eigenvalue weighted by atomic mass is 127. The van der Waals surface area contributed by atoms with Crippen LogP contribution in [0, 0.1) is 5.82 Å². The predicted octanol–water partition coefficient (Wildman–Crippen LogP) is 3.41. The normalized spacial score (nSPS) is 10.7. The van der Waals surface area contributed by atoms with Crippen LogP contribution in [0.15, 0.2) is 64.5 Å². The number of thioether (sulfide) groups is 1. The summed E-state index contributed by atoms with van der Waals surface area (Å²) in [5.41, 5.74) is 1.06. The van der Waals surface area contributed by atoms with E-state index >= 15 is 0 Å². The molecule has 0 spiro atoms. The molecule has 2 aromatic carbocycles. The maximum absolute atomic E-state index is 12.9. The van der Waals surface area contributed by atoms with E-state index in [0.29, 0.717) is 12.5 Å². The average molecular weight is 516 g/mol. The zero-order valence-corrected chi connectivity index (χ0v) is 18.9. The smallest absolute Gasteiger partial charge is 0.239 e. The number of benzene rings is 2. The van der Waals surface area contributed by atoms with E-state index in [-0.39, 0.29) is 42.2 Å². The SMILES string of the molecule is CN=C(NCCCSc1ccc(F)cc1)NCC(=O)NCc1ccccc1.I. The minimum atomic E-state index is -0.219. The highest BCUT2D eigenvalue weighted by Gasteiger charge is 2.03. The van der Waals surface area contributed by atoms with Crippen molar-refractivity contribution in [3.8, 4) is 0 Å². The Morgan fingerprint density at radius 1 is 1.04 bits per heavy atom. The molecule has 0 aliphatic carbocycles. The van der Waals surface area contributed by atoms with Crippen LogP contribution < -0.4 is 16.0 Å². The molecule has 0 saturated heterocycles. The molecule has 0 atom stereocenters. The highest BCUT2D eigenvalue weighted by Crippen LogP contribution is 2.18. The summed E-state index contributed by atoms with van der Waals surface area (Å²) in [5, 5.41) is 9.04. The van der Waals surface area contributed by atoms with Crippen molar-refractivity contribution in [3.05, 3.63) is 66.0 Å². The van der Waals surface area contributed by atoms with E-state index in [2.05, 4.69) is 20.9 Å². The zero-order valence-electron chi connectivity index (χ0n) is 15.8. The lowest BCUT2D eigenvalue weighted by molar-refractivity contribution is -0.120. The second-order valence-electron chi connectivity index (χ2n) is 5.77. The van der Waals surface area contributed by atoms with Gasteiger partial charge in [-0.25, -0.2) is 4.39 Å². The molecular formula is C20H26FIN4OS. The summed E-state index contributed by atoms with van der Waals surface area (Å²) in [7, 11) is 1.67. The standard InChI is InChI=1S/C20H25FN4OS.HI/c1-22-20(23-12-5-13-27-18-10-8-17(21)9-11-18)25-15-19(26)24-14-16-6-3-2-4-7-16;/h2-4,6-11H,5,12-15H2,1H3,(H,24,26)(H2,22,23,25);1H. The Labute approximate surface area is 187 Å². The number of aliphatic imine (C=N–C) groups is 1. The van der Waals surface area contributed by atoms with Gasteiger partial charge in [0.2, 0.25) is 5.91 Å². The average Bonchev–Trinajstić information content (AvgIpc) is 2.70. The van der Waals surface area contributed by atoms with Crippen LogP contribution in [0.5, 0.6) is 0 Å². The molecule has 28 heavy (non-hydrogen) atoms. The largest absolute Gasteiger partial charge is 0.356 e. The van der Waals surface area contributed by atoms with E-state index in [9.17, 15) is 9.18 Å². The number of carbonyl (C=O) groups is 1. The lowest BCUT2D eigenvalue weighted by Gasteiger charge is -2.12. The van der Waals surface area contributed by atoms with Gasteiger partial charge in [0.15, 0.2) is 5.96 Å². The molecule has 0 heterocycles. The summed E-state index contributed by atoms with van der Waals surface area (Å²) >= 11 is 1.68. The number of carbonyl (C=O) groups excluding carboxylic acids is 1. The summed E-state index contributed by atoms with van der Waals surface area (Å²) in [4.78, 5) is 17.1. The van der Waals surface area contributed by atoms with E-state index in [1.807, 2.05) is 30.3 Å². The fourth-order valence-corrected chi connectivity index (χ4v) is 3.10. The fraction of sp³-hybridized carbons (Fsp3) is 0.300. The van der Waals surface area contributed by atoms with Gasteiger partial charge in [-0.3, -0.25) is 9.79 Å². The van der Waals surface area contributed by atoms with Crippen LogP contribution in [-0.2, 0) is 11.3 Å². The predicted molar refractivity (Wildman–Crippen MR) is 125 cm³/mol. The van der Waals surface area contributed by atoms with Gasteiger partial charge in [-0.15, -0.1) is 35.7 Å². The molecule has 0 saturated carbocycles. The lowest BCUT2D eigenvalue weighted by atomic mass is 10.2. The van der Waals surface area contributed by atoms with Gasteiger partial charge < -0.3 is 16.0 Å². The molecular weight excluding hydrogens is 490 g/mol. The topological polar surface area (TPSA) is 65.5 Å². The minimum absolute atomic E-state index is 0. The summed E-state index contributed by atoms with van der Waals surface area (Å²) in [5.74, 6) is 1.20. The Kier molecular flexibility index (Phi) is 12.3. The van der Waals surface area contributed by atoms with Crippen LogP contribution in [0.4, 0.5) is 4.39 Å². The van der Waals surface area contributed by atoms with Gasteiger partial charge in [-0.05, 0) is 42.0 Å². The van der Waals surface area contributed by atoms with Crippen molar-refractivity contribution >= 4 is 47.6 Å². The van der Waals surface area contributed by atoms with Crippen LogP contribution in [-0.4, -0.2) is 37.8 Å². The van der Waals surface area contributed by atoms with E-state index in [4.69, 9.17) is 0 Å². The first-order valence-electron chi connectivity index (χ1n) is 8.81. The van der Waals surface area contributed by atoms with Gasteiger partial charge in [0, 0.05) is 25.0 Å². The number of hydrogen-bond donors (Lipinski definition) is 3. The fourth-order valence-electron chi connectivity index (χ4n) is 2.24. The van der Waals surface area contributed by atoms with Gasteiger partial charge >= 0.3 is 0 Å². The van der Waals surface area contributed by atoms with Crippen molar-refractivity contribution in [1.29, 1.82) is 0 Å². The van der Waals surface area contributed by atoms with Crippen molar-refractivity contribution in [3.63, 3.8) is 0 Å². The molecule has 0 radical (unpaired) electrons. The van der Waals surface area contributed by atoms with Gasteiger partial charge in [0.1, 0.15) is 5.82 Å². The number of nitrogens with one attached hydrogen (secondary N) is 3. The second-order valence-corrected chi connectivity index (χ2v) is 6.94. The number of rotatable bonds is 9. The third kappa shape index (κ3) is 9.93.